The van der Waals surface area contributed by atoms with Crippen molar-refractivity contribution >= 4 is 12.0 Å². The number of hydrogen-bond acceptors (Lipinski definition) is 6. The number of hydroxylamine groups is 2. The van der Waals surface area contributed by atoms with Crippen LogP contribution < -0.4 is 0 Å². The molecule has 1 aliphatic heterocycles. The summed E-state index contributed by atoms with van der Waals surface area (Å²) in [5.41, 5.74) is 2.06. The van der Waals surface area contributed by atoms with Crippen molar-refractivity contribution in [3.63, 3.8) is 0 Å². The van der Waals surface area contributed by atoms with Crippen LogP contribution in [0.5, 0.6) is 0 Å². The van der Waals surface area contributed by atoms with Gasteiger partial charge in [-0.25, -0.2) is 14.8 Å². The second-order valence-electron chi connectivity index (χ2n) is 7.43. The van der Waals surface area contributed by atoms with Crippen molar-refractivity contribution in [3.8, 4) is 11.4 Å². The number of benzene rings is 2. The minimum Gasteiger partial charge on any atom is -0.443 e. The topological polar surface area (TPSA) is 84.9 Å². The van der Waals surface area contributed by atoms with Crippen LogP contribution in [-0.4, -0.2) is 57.7 Å². The SMILES string of the molecule is C[C@H]1CN(C(=O)c2ccccc2-c2ncccn2)CCN(C(=O)OCc2ccccc2)O1. The normalized spacial score (nSPS) is 16.3. The Kier molecular flexibility index (Phi) is 6.72. The lowest BCUT2D eigenvalue weighted by Crippen LogP contribution is -2.37. The number of hydrogen-bond donors (Lipinski definition) is 0. The number of carbonyl (C=O) groups excluding carboxylic acids is 2. The Morgan fingerprint density at radius 2 is 1.72 bits per heavy atom. The third-order valence-corrected chi connectivity index (χ3v) is 5.02. The molecule has 32 heavy (non-hydrogen) atoms. The molecule has 0 radical (unpaired) electrons. The van der Waals surface area contributed by atoms with E-state index in [2.05, 4.69) is 9.97 Å². The fourth-order valence-electron chi connectivity index (χ4n) is 3.50. The van der Waals surface area contributed by atoms with Gasteiger partial charge in [0.25, 0.3) is 5.91 Å². The van der Waals surface area contributed by atoms with Crippen LogP contribution in [0.2, 0.25) is 0 Å². The van der Waals surface area contributed by atoms with Gasteiger partial charge in [0.15, 0.2) is 5.82 Å². The van der Waals surface area contributed by atoms with Crippen LogP contribution >= 0.6 is 0 Å². The number of nitrogens with zero attached hydrogens (tertiary/aromatic N) is 4. The zero-order valence-electron chi connectivity index (χ0n) is 17.8. The first kappa shape index (κ1) is 21.5. The molecule has 0 unspecified atom stereocenters. The van der Waals surface area contributed by atoms with Crippen LogP contribution in [-0.2, 0) is 16.2 Å². The van der Waals surface area contributed by atoms with Gasteiger partial charge in [0, 0.05) is 31.0 Å². The second-order valence-corrected chi connectivity index (χ2v) is 7.43. The number of amides is 2. The minimum atomic E-state index is -0.576. The molecule has 2 aromatic carbocycles. The van der Waals surface area contributed by atoms with Crippen molar-refractivity contribution in [2.24, 2.45) is 0 Å². The molecule has 4 rings (SSSR count). The molecule has 0 aliphatic carbocycles. The lowest BCUT2D eigenvalue weighted by atomic mass is 10.1. The van der Waals surface area contributed by atoms with E-state index in [-0.39, 0.29) is 25.2 Å². The summed E-state index contributed by atoms with van der Waals surface area (Å²) in [4.78, 5) is 41.8. The third-order valence-electron chi connectivity index (χ3n) is 5.02. The molecule has 1 atom stereocenters. The van der Waals surface area contributed by atoms with Gasteiger partial charge in [-0.2, -0.15) is 5.06 Å². The molecular weight excluding hydrogens is 408 g/mol. The molecule has 0 bridgehead atoms. The van der Waals surface area contributed by atoms with Gasteiger partial charge in [-0.05, 0) is 24.6 Å². The second kappa shape index (κ2) is 10.0. The molecule has 0 N–H and O–H groups in total. The molecule has 8 heteroatoms. The number of rotatable bonds is 4. The monoisotopic (exact) mass is 432 g/mol. The molecule has 2 amide bonds. The molecule has 2 heterocycles. The largest absolute Gasteiger partial charge is 0.443 e. The van der Waals surface area contributed by atoms with E-state index in [1.807, 2.05) is 55.5 Å². The van der Waals surface area contributed by atoms with Gasteiger partial charge in [0.1, 0.15) is 12.7 Å². The standard InChI is InChI=1S/C24H24N4O4/c1-18-16-27(14-15-28(32-18)24(30)31-17-19-8-3-2-4-9-19)23(29)21-11-6-5-10-20(21)22-25-12-7-13-26-22/h2-13,18H,14-17H2,1H3/t18-/m0/s1. The molecule has 0 saturated carbocycles. The van der Waals surface area contributed by atoms with Crippen LogP contribution in [0.3, 0.4) is 0 Å². The lowest BCUT2D eigenvalue weighted by Gasteiger charge is -2.22. The first-order chi connectivity index (χ1) is 15.6. The maximum Gasteiger partial charge on any atom is 0.434 e. The molecule has 1 fully saturated rings. The first-order valence-electron chi connectivity index (χ1n) is 10.4. The van der Waals surface area contributed by atoms with Crippen molar-refractivity contribution in [1.82, 2.24) is 19.9 Å². The summed E-state index contributed by atoms with van der Waals surface area (Å²) in [7, 11) is 0. The van der Waals surface area contributed by atoms with Gasteiger partial charge in [0.2, 0.25) is 0 Å². The summed E-state index contributed by atoms with van der Waals surface area (Å²) < 4.78 is 5.37. The van der Waals surface area contributed by atoms with E-state index in [0.29, 0.717) is 30.0 Å². The fraction of sp³-hybridized carbons (Fsp3) is 0.250. The van der Waals surface area contributed by atoms with Gasteiger partial charge in [0.05, 0.1) is 12.1 Å². The summed E-state index contributed by atoms with van der Waals surface area (Å²) in [5, 5.41) is 1.19. The molecule has 0 spiro atoms. The average molecular weight is 432 g/mol. The Labute approximate surface area is 186 Å². The molecule has 1 aromatic heterocycles. The highest BCUT2D eigenvalue weighted by molar-refractivity contribution is 6.00. The lowest BCUT2D eigenvalue weighted by molar-refractivity contribution is -0.159. The highest BCUT2D eigenvalue weighted by Crippen LogP contribution is 2.22. The van der Waals surface area contributed by atoms with E-state index < -0.39 is 6.09 Å². The van der Waals surface area contributed by atoms with Crippen molar-refractivity contribution in [1.29, 1.82) is 0 Å². The van der Waals surface area contributed by atoms with Crippen molar-refractivity contribution in [3.05, 3.63) is 84.2 Å². The molecule has 1 aliphatic rings. The van der Waals surface area contributed by atoms with Crippen LogP contribution in [0.1, 0.15) is 22.8 Å². The summed E-state index contributed by atoms with van der Waals surface area (Å²) in [6.45, 7) is 2.82. The molecule has 8 nitrogen and oxygen atoms in total. The van der Waals surface area contributed by atoms with Gasteiger partial charge >= 0.3 is 6.09 Å². The fourth-order valence-corrected chi connectivity index (χ4v) is 3.50. The highest BCUT2D eigenvalue weighted by atomic mass is 16.7. The number of aromatic nitrogens is 2. The van der Waals surface area contributed by atoms with Crippen molar-refractivity contribution in [2.75, 3.05) is 19.6 Å². The first-order valence-corrected chi connectivity index (χ1v) is 10.4. The van der Waals surface area contributed by atoms with Crippen molar-refractivity contribution in [2.45, 2.75) is 19.6 Å². The highest BCUT2D eigenvalue weighted by Gasteiger charge is 2.29. The van der Waals surface area contributed by atoms with E-state index in [0.717, 1.165) is 5.56 Å². The van der Waals surface area contributed by atoms with Crippen molar-refractivity contribution < 1.29 is 19.2 Å². The summed E-state index contributed by atoms with van der Waals surface area (Å²) in [5.74, 6) is 0.324. The number of carbonyl (C=O) groups is 2. The van der Waals surface area contributed by atoms with Gasteiger partial charge in [-0.1, -0.05) is 48.5 Å². The Bertz CT molecular complexity index is 1060. The van der Waals surface area contributed by atoms with E-state index >= 15 is 0 Å². The van der Waals surface area contributed by atoms with Gasteiger partial charge in [-0.3, -0.25) is 9.63 Å². The third kappa shape index (κ3) is 5.09. The van der Waals surface area contributed by atoms with E-state index in [9.17, 15) is 9.59 Å². The Balaban J connectivity index is 1.44. The zero-order valence-corrected chi connectivity index (χ0v) is 17.8. The Hall–Kier alpha value is -3.78. The maximum absolute atomic E-state index is 13.4. The smallest absolute Gasteiger partial charge is 0.434 e. The van der Waals surface area contributed by atoms with Gasteiger partial charge < -0.3 is 9.64 Å². The summed E-state index contributed by atoms with van der Waals surface area (Å²) >= 11 is 0. The van der Waals surface area contributed by atoms with E-state index in [4.69, 9.17) is 9.57 Å². The Morgan fingerprint density at radius 3 is 2.50 bits per heavy atom. The van der Waals surface area contributed by atoms with Crippen LogP contribution in [0.25, 0.3) is 11.4 Å². The predicted molar refractivity (Wildman–Crippen MR) is 117 cm³/mol. The zero-order chi connectivity index (χ0) is 22.3. The summed E-state index contributed by atoms with van der Waals surface area (Å²) in [6, 6.07) is 18.4. The molecular formula is C24H24N4O4. The average Bonchev–Trinajstić information content (AvgIpc) is 3.05. The quantitative estimate of drug-likeness (QED) is 0.627. The maximum atomic E-state index is 13.4. The van der Waals surface area contributed by atoms with Crippen LogP contribution in [0.4, 0.5) is 4.79 Å². The van der Waals surface area contributed by atoms with Crippen LogP contribution in [0.15, 0.2) is 73.1 Å². The van der Waals surface area contributed by atoms with E-state index in [1.165, 1.54) is 5.06 Å². The van der Waals surface area contributed by atoms with Gasteiger partial charge in [-0.15, -0.1) is 0 Å². The predicted octanol–water partition coefficient (Wildman–Crippen LogP) is 3.56. The Morgan fingerprint density at radius 1 is 1.00 bits per heavy atom. The van der Waals surface area contributed by atoms with E-state index in [1.54, 1.807) is 29.4 Å². The number of ether oxygens (including phenoxy) is 1. The molecule has 1 saturated heterocycles. The minimum absolute atomic E-state index is 0.154. The molecule has 164 valence electrons. The summed E-state index contributed by atoms with van der Waals surface area (Å²) in [6.07, 6.45) is 2.33. The van der Waals surface area contributed by atoms with Crippen LogP contribution in [0, 0.1) is 0 Å². The molecule has 3 aromatic rings.